The number of hydrogen-bond acceptors (Lipinski definition) is 5. The fourth-order valence-corrected chi connectivity index (χ4v) is 2.50. The number of carbonyl (C=O) groups excluding carboxylic acids is 1. The zero-order chi connectivity index (χ0) is 13.8. The van der Waals surface area contributed by atoms with Gasteiger partial charge in [0.2, 0.25) is 5.91 Å². The van der Waals surface area contributed by atoms with E-state index in [0.717, 1.165) is 30.3 Å². The number of nitrogens with zero attached hydrogens (tertiary/aromatic N) is 2. The van der Waals surface area contributed by atoms with Gasteiger partial charge in [0.15, 0.2) is 5.13 Å². The summed E-state index contributed by atoms with van der Waals surface area (Å²) in [6, 6.07) is 3.94. The SMILES string of the molecule is CC(=O)Nc1nc(CN(C)Cc2ccc(C)o2)cs1. The van der Waals surface area contributed by atoms with Crippen LogP contribution in [0.25, 0.3) is 0 Å². The predicted molar refractivity (Wildman–Crippen MR) is 75.0 cm³/mol. The zero-order valence-corrected chi connectivity index (χ0v) is 12.1. The largest absolute Gasteiger partial charge is 0.465 e. The molecule has 0 aromatic carbocycles. The molecule has 0 saturated carbocycles. The minimum Gasteiger partial charge on any atom is -0.465 e. The normalized spacial score (nSPS) is 10.9. The fourth-order valence-electron chi connectivity index (χ4n) is 1.76. The molecule has 0 aliphatic heterocycles. The van der Waals surface area contributed by atoms with Crippen LogP contribution in [0.1, 0.15) is 24.1 Å². The van der Waals surface area contributed by atoms with Gasteiger partial charge in [-0.1, -0.05) is 0 Å². The quantitative estimate of drug-likeness (QED) is 0.914. The number of furan rings is 1. The molecule has 1 N–H and O–H groups in total. The number of rotatable bonds is 5. The van der Waals surface area contributed by atoms with Gasteiger partial charge in [-0.3, -0.25) is 9.69 Å². The number of anilines is 1. The summed E-state index contributed by atoms with van der Waals surface area (Å²) in [6.07, 6.45) is 0. The van der Waals surface area contributed by atoms with Crippen LogP contribution in [-0.2, 0) is 17.9 Å². The van der Waals surface area contributed by atoms with Crippen LogP contribution in [0.4, 0.5) is 5.13 Å². The van der Waals surface area contributed by atoms with E-state index in [9.17, 15) is 4.79 Å². The summed E-state index contributed by atoms with van der Waals surface area (Å²) in [5.41, 5.74) is 0.944. The molecule has 0 atom stereocenters. The van der Waals surface area contributed by atoms with Crippen LogP contribution < -0.4 is 5.32 Å². The van der Waals surface area contributed by atoms with E-state index in [1.54, 1.807) is 0 Å². The van der Waals surface area contributed by atoms with Gasteiger partial charge in [0.1, 0.15) is 11.5 Å². The first-order chi connectivity index (χ1) is 9.02. The summed E-state index contributed by atoms with van der Waals surface area (Å²) in [7, 11) is 2.01. The van der Waals surface area contributed by atoms with Gasteiger partial charge in [0.05, 0.1) is 12.2 Å². The van der Waals surface area contributed by atoms with Gasteiger partial charge in [-0.15, -0.1) is 11.3 Å². The summed E-state index contributed by atoms with van der Waals surface area (Å²) < 4.78 is 5.53. The Morgan fingerprint density at radius 3 is 2.89 bits per heavy atom. The molecular weight excluding hydrogens is 262 g/mol. The van der Waals surface area contributed by atoms with Crippen LogP contribution in [0.3, 0.4) is 0 Å². The van der Waals surface area contributed by atoms with Gasteiger partial charge >= 0.3 is 0 Å². The van der Waals surface area contributed by atoms with Crippen molar-refractivity contribution in [2.24, 2.45) is 0 Å². The monoisotopic (exact) mass is 279 g/mol. The molecule has 1 amide bonds. The Balaban J connectivity index is 1.89. The minimum atomic E-state index is -0.0969. The third-order valence-electron chi connectivity index (χ3n) is 2.49. The summed E-state index contributed by atoms with van der Waals surface area (Å²) >= 11 is 1.44. The van der Waals surface area contributed by atoms with E-state index < -0.39 is 0 Å². The smallest absolute Gasteiger partial charge is 0.223 e. The van der Waals surface area contributed by atoms with E-state index in [4.69, 9.17) is 4.42 Å². The van der Waals surface area contributed by atoms with Crippen molar-refractivity contribution in [3.8, 4) is 0 Å². The average molecular weight is 279 g/mol. The number of amides is 1. The molecule has 102 valence electrons. The molecule has 6 heteroatoms. The van der Waals surface area contributed by atoms with Gasteiger partial charge in [-0.05, 0) is 26.1 Å². The van der Waals surface area contributed by atoms with Gasteiger partial charge in [0.25, 0.3) is 0 Å². The number of nitrogens with one attached hydrogen (secondary N) is 1. The standard InChI is InChI=1S/C13H17N3O2S/c1-9-4-5-12(18-9)7-16(3)6-11-8-19-13(15-11)14-10(2)17/h4-5,8H,6-7H2,1-3H3,(H,14,15,17). The Labute approximate surface area is 116 Å². The lowest BCUT2D eigenvalue weighted by molar-refractivity contribution is -0.114. The second-order valence-corrected chi connectivity index (χ2v) is 5.37. The molecular formula is C13H17N3O2S. The highest BCUT2D eigenvalue weighted by Crippen LogP contribution is 2.17. The third-order valence-corrected chi connectivity index (χ3v) is 3.29. The number of aryl methyl sites for hydroxylation is 1. The molecule has 0 aliphatic rings. The van der Waals surface area contributed by atoms with Crippen LogP contribution in [-0.4, -0.2) is 22.8 Å². The van der Waals surface area contributed by atoms with Crippen molar-refractivity contribution in [1.29, 1.82) is 0 Å². The first kappa shape index (κ1) is 13.8. The lowest BCUT2D eigenvalue weighted by atomic mass is 10.4. The van der Waals surface area contributed by atoms with E-state index in [1.165, 1.54) is 18.3 Å². The van der Waals surface area contributed by atoms with Gasteiger partial charge in [-0.2, -0.15) is 0 Å². The molecule has 19 heavy (non-hydrogen) atoms. The maximum absolute atomic E-state index is 10.9. The Kier molecular flexibility index (Phi) is 4.34. The van der Waals surface area contributed by atoms with Crippen molar-refractivity contribution in [1.82, 2.24) is 9.88 Å². The zero-order valence-electron chi connectivity index (χ0n) is 11.3. The molecule has 0 spiro atoms. The minimum absolute atomic E-state index is 0.0969. The molecule has 0 saturated heterocycles. The van der Waals surface area contributed by atoms with E-state index >= 15 is 0 Å². The van der Waals surface area contributed by atoms with Crippen LogP contribution in [0.15, 0.2) is 21.9 Å². The summed E-state index contributed by atoms with van der Waals surface area (Å²) in [6.45, 7) is 4.87. The molecule has 0 aliphatic carbocycles. The Bertz CT molecular complexity index is 562. The van der Waals surface area contributed by atoms with Crippen molar-refractivity contribution in [3.63, 3.8) is 0 Å². The van der Waals surface area contributed by atoms with Crippen LogP contribution in [0, 0.1) is 6.92 Å². The Morgan fingerprint density at radius 2 is 2.26 bits per heavy atom. The molecule has 0 unspecified atom stereocenters. The van der Waals surface area contributed by atoms with Gasteiger partial charge < -0.3 is 9.73 Å². The van der Waals surface area contributed by atoms with Crippen molar-refractivity contribution >= 4 is 22.4 Å². The van der Waals surface area contributed by atoms with Crippen molar-refractivity contribution in [3.05, 3.63) is 34.7 Å². The van der Waals surface area contributed by atoms with Crippen LogP contribution in [0.5, 0.6) is 0 Å². The second-order valence-electron chi connectivity index (χ2n) is 4.51. The van der Waals surface area contributed by atoms with E-state index in [0.29, 0.717) is 5.13 Å². The third kappa shape index (κ3) is 4.18. The highest BCUT2D eigenvalue weighted by Gasteiger charge is 2.08. The highest BCUT2D eigenvalue weighted by atomic mass is 32.1. The Hall–Kier alpha value is -1.66. The van der Waals surface area contributed by atoms with Gasteiger partial charge in [0, 0.05) is 18.8 Å². The Morgan fingerprint density at radius 1 is 1.47 bits per heavy atom. The number of carbonyl (C=O) groups is 1. The second kappa shape index (κ2) is 5.99. The highest BCUT2D eigenvalue weighted by molar-refractivity contribution is 7.13. The molecule has 2 aromatic rings. The van der Waals surface area contributed by atoms with Crippen LogP contribution >= 0.6 is 11.3 Å². The first-order valence-corrected chi connectivity index (χ1v) is 6.87. The lowest BCUT2D eigenvalue weighted by Crippen LogP contribution is -2.17. The lowest BCUT2D eigenvalue weighted by Gasteiger charge is -2.13. The molecule has 0 radical (unpaired) electrons. The average Bonchev–Trinajstić information content (AvgIpc) is 2.88. The summed E-state index contributed by atoms with van der Waals surface area (Å²) in [4.78, 5) is 17.4. The first-order valence-electron chi connectivity index (χ1n) is 5.99. The maximum Gasteiger partial charge on any atom is 0.223 e. The van der Waals surface area contributed by atoms with Crippen LogP contribution in [0.2, 0.25) is 0 Å². The molecule has 2 heterocycles. The van der Waals surface area contributed by atoms with Crippen molar-refractivity contribution in [2.45, 2.75) is 26.9 Å². The summed E-state index contributed by atoms with van der Waals surface area (Å²) in [5, 5.41) is 5.28. The molecule has 2 aromatic heterocycles. The van der Waals surface area contributed by atoms with Crippen molar-refractivity contribution < 1.29 is 9.21 Å². The molecule has 0 bridgehead atoms. The number of thiazole rings is 1. The number of hydrogen-bond donors (Lipinski definition) is 1. The molecule has 5 nitrogen and oxygen atoms in total. The maximum atomic E-state index is 10.9. The topological polar surface area (TPSA) is 58.4 Å². The van der Waals surface area contributed by atoms with E-state index in [2.05, 4.69) is 15.2 Å². The van der Waals surface area contributed by atoms with E-state index in [-0.39, 0.29) is 5.91 Å². The molecule has 0 fully saturated rings. The van der Waals surface area contributed by atoms with E-state index in [1.807, 2.05) is 31.5 Å². The van der Waals surface area contributed by atoms with Crippen molar-refractivity contribution in [2.75, 3.05) is 12.4 Å². The summed E-state index contributed by atoms with van der Waals surface area (Å²) in [5.74, 6) is 1.77. The predicted octanol–water partition coefficient (Wildman–Crippen LogP) is 2.63. The number of aromatic nitrogens is 1. The fraction of sp³-hybridized carbons (Fsp3) is 0.385. The molecule has 2 rings (SSSR count). The van der Waals surface area contributed by atoms with Gasteiger partial charge in [-0.25, -0.2) is 4.98 Å².